The van der Waals surface area contributed by atoms with Crippen molar-refractivity contribution >= 4 is 5.91 Å². The summed E-state index contributed by atoms with van der Waals surface area (Å²) in [5.74, 6) is 1.02. The monoisotopic (exact) mass is 597 g/mol. The fourth-order valence-corrected chi connectivity index (χ4v) is 6.29. The van der Waals surface area contributed by atoms with Crippen LogP contribution in [0.25, 0.3) is 11.1 Å². The van der Waals surface area contributed by atoms with Crippen molar-refractivity contribution in [3.63, 3.8) is 0 Å². The predicted octanol–water partition coefficient (Wildman–Crippen LogP) is 6.10. The normalized spacial score (nSPS) is 15.9. The zero-order valence-corrected chi connectivity index (χ0v) is 25.0. The second-order valence-electron chi connectivity index (χ2n) is 12.0. The minimum absolute atomic E-state index is 0.118. The molecular weight excluding hydrogens is 562 g/mol. The van der Waals surface area contributed by atoms with Crippen molar-refractivity contribution in [3.8, 4) is 16.9 Å². The zero-order chi connectivity index (χ0) is 30.8. The van der Waals surface area contributed by atoms with Gasteiger partial charge in [0.05, 0.1) is 23.2 Å². The number of rotatable bonds is 8. The highest BCUT2D eigenvalue weighted by molar-refractivity contribution is 5.83. The van der Waals surface area contributed by atoms with Crippen molar-refractivity contribution < 1.29 is 14.6 Å². The number of hydrogen-bond acceptors (Lipinski definition) is 5. The first-order valence-corrected chi connectivity index (χ1v) is 15.5. The Balaban J connectivity index is 1.08. The molecule has 45 heavy (non-hydrogen) atoms. The number of benzene rings is 4. The molecule has 1 saturated carbocycles. The van der Waals surface area contributed by atoms with Gasteiger partial charge in [0.25, 0.3) is 11.5 Å². The van der Waals surface area contributed by atoms with Crippen LogP contribution < -0.4 is 10.3 Å². The highest BCUT2D eigenvalue weighted by Crippen LogP contribution is 2.52. The molecule has 1 amide bonds. The highest BCUT2D eigenvalue weighted by Gasteiger charge is 2.48. The second kappa shape index (κ2) is 12.2. The number of hydrogen-bond donors (Lipinski definition) is 2. The van der Waals surface area contributed by atoms with Gasteiger partial charge in [-0.15, -0.1) is 0 Å². The van der Waals surface area contributed by atoms with Crippen LogP contribution in [0.4, 0.5) is 0 Å². The van der Waals surface area contributed by atoms with Crippen molar-refractivity contribution in [2.75, 3.05) is 6.54 Å². The van der Waals surface area contributed by atoms with E-state index in [0.717, 1.165) is 46.5 Å². The molecule has 2 heterocycles. The molecule has 1 fully saturated rings. The number of carbonyl (C=O) groups is 1. The summed E-state index contributed by atoms with van der Waals surface area (Å²) < 4.78 is 6.01. The van der Waals surface area contributed by atoms with E-state index in [1.165, 1.54) is 0 Å². The van der Waals surface area contributed by atoms with Crippen LogP contribution in [0.3, 0.4) is 0 Å². The summed E-state index contributed by atoms with van der Waals surface area (Å²) in [6.07, 6.45) is 1.80. The van der Waals surface area contributed by atoms with Crippen LogP contribution in [-0.4, -0.2) is 32.4 Å². The molecule has 1 aromatic heterocycles. The number of amides is 1. The van der Waals surface area contributed by atoms with E-state index < -0.39 is 12.0 Å². The maximum Gasteiger partial charge on any atom is 0.256 e. The average Bonchev–Trinajstić information content (AvgIpc) is 3.93. The van der Waals surface area contributed by atoms with Gasteiger partial charge in [0, 0.05) is 6.54 Å². The smallest absolute Gasteiger partial charge is 0.256 e. The van der Waals surface area contributed by atoms with E-state index >= 15 is 0 Å². The first-order valence-electron chi connectivity index (χ1n) is 15.5. The number of fused-ring (bicyclic) bond motifs is 1. The van der Waals surface area contributed by atoms with Gasteiger partial charge in [-0.05, 0) is 71.7 Å². The number of nitrogens with zero attached hydrogens (tertiary/aromatic N) is 2. The topological polar surface area (TPSA) is 95.5 Å². The van der Waals surface area contributed by atoms with E-state index in [9.17, 15) is 14.7 Å². The molecule has 0 radical (unpaired) electrons. The Kier molecular flexibility index (Phi) is 7.78. The van der Waals surface area contributed by atoms with E-state index in [4.69, 9.17) is 9.72 Å². The van der Waals surface area contributed by atoms with Crippen LogP contribution in [0, 0.1) is 0 Å². The third kappa shape index (κ3) is 5.91. The van der Waals surface area contributed by atoms with Gasteiger partial charge in [-0.2, -0.15) is 0 Å². The summed E-state index contributed by atoms with van der Waals surface area (Å²) in [7, 11) is 0. The molecule has 226 valence electrons. The number of ether oxygens (including phenoxy) is 1. The molecule has 1 atom stereocenters. The first-order chi connectivity index (χ1) is 22.0. The van der Waals surface area contributed by atoms with Crippen LogP contribution >= 0.6 is 0 Å². The lowest BCUT2D eigenvalue weighted by Gasteiger charge is -2.24. The van der Waals surface area contributed by atoms with Crippen molar-refractivity contribution in [2.24, 2.45) is 0 Å². The van der Waals surface area contributed by atoms with Gasteiger partial charge >= 0.3 is 0 Å². The van der Waals surface area contributed by atoms with Gasteiger partial charge < -0.3 is 19.7 Å². The van der Waals surface area contributed by atoms with E-state index in [1.54, 1.807) is 11.0 Å². The number of H-pyrrole nitrogens is 1. The molecule has 0 saturated heterocycles. The Bertz CT molecular complexity index is 1880. The summed E-state index contributed by atoms with van der Waals surface area (Å²) >= 11 is 0. The fourth-order valence-electron chi connectivity index (χ4n) is 6.29. The summed E-state index contributed by atoms with van der Waals surface area (Å²) in [5, 5.41) is 11.3. The number of aliphatic hydroxyl groups is 1. The molecule has 7 heteroatoms. The Labute approximate surface area is 262 Å². The molecule has 1 aliphatic carbocycles. The maximum absolute atomic E-state index is 13.6. The van der Waals surface area contributed by atoms with Crippen LogP contribution in [0.15, 0.2) is 114 Å². The Morgan fingerprint density at radius 2 is 1.62 bits per heavy atom. The lowest BCUT2D eigenvalue weighted by atomic mass is 9.94. The maximum atomic E-state index is 13.6. The summed E-state index contributed by atoms with van der Waals surface area (Å²) in [5.41, 5.74) is 5.33. The van der Waals surface area contributed by atoms with Gasteiger partial charge in [0.1, 0.15) is 18.2 Å². The molecule has 0 bridgehead atoms. The van der Waals surface area contributed by atoms with Crippen LogP contribution in [0.5, 0.6) is 5.75 Å². The number of aromatic amines is 1. The third-order valence-electron chi connectivity index (χ3n) is 8.99. The number of aryl methyl sites for hydroxylation is 1. The van der Waals surface area contributed by atoms with Gasteiger partial charge in [-0.3, -0.25) is 9.59 Å². The van der Waals surface area contributed by atoms with E-state index in [-0.39, 0.29) is 17.5 Å². The van der Waals surface area contributed by atoms with Crippen LogP contribution in [-0.2, 0) is 29.8 Å². The van der Waals surface area contributed by atoms with E-state index in [0.29, 0.717) is 42.9 Å². The lowest BCUT2D eigenvalue weighted by Crippen LogP contribution is -2.36. The molecule has 2 aliphatic rings. The lowest BCUT2D eigenvalue weighted by molar-refractivity contribution is -0.141. The summed E-state index contributed by atoms with van der Waals surface area (Å²) in [6, 6.07) is 35.3. The number of nitrogens with one attached hydrogen (secondary N) is 1. The molecule has 1 aliphatic heterocycles. The predicted molar refractivity (Wildman–Crippen MR) is 173 cm³/mol. The summed E-state index contributed by atoms with van der Waals surface area (Å²) in [4.78, 5) is 36.6. The fraction of sp³-hybridized carbons (Fsp3) is 0.237. The van der Waals surface area contributed by atoms with Crippen molar-refractivity contribution in [1.82, 2.24) is 14.9 Å². The second-order valence-corrected chi connectivity index (χ2v) is 12.0. The largest absolute Gasteiger partial charge is 0.489 e. The Hall–Kier alpha value is -5.01. The average molecular weight is 598 g/mol. The number of aliphatic hydroxyl groups excluding tert-OH is 1. The Morgan fingerprint density at radius 3 is 2.38 bits per heavy atom. The molecule has 0 spiro atoms. The highest BCUT2D eigenvalue weighted by atomic mass is 16.5. The zero-order valence-electron chi connectivity index (χ0n) is 25.0. The minimum Gasteiger partial charge on any atom is -0.489 e. The molecule has 5 aromatic rings. The molecule has 2 N–H and O–H groups in total. The van der Waals surface area contributed by atoms with Gasteiger partial charge in [0.15, 0.2) is 6.10 Å². The van der Waals surface area contributed by atoms with E-state index in [1.807, 2.05) is 91.0 Å². The standard InChI is InChI=1S/C38H35N3O4/c42-34(29-14-7-12-27(22-29)28-13-8-17-31(23-28)45-25-26-10-3-1-4-11-26)36(44)41-21-9-18-33-32(24-41)35(43)40-37(39-33)38(19-20-38)30-15-5-2-6-16-30/h1-8,10-17,22-23,34,42H,9,18-21,24-25H2,(H,39,40,43). The van der Waals surface area contributed by atoms with Gasteiger partial charge in [-0.1, -0.05) is 91.0 Å². The summed E-state index contributed by atoms with van der Waals surface area (Å²) in [6.45, 7) is 1.02. The minimum atomic E-state index is -1.36. The van der Waals surface area contributed by atoms with Crippen molar-refractivity contribution in [1.29, 1.82) is 0 Å². The van der Waals surface area contributed by atoms with Gasteiger partial charge in [0.2, 0.25) is 0 Å². The van der Waals surface area contributed by atoms with Crippen molar-refractivity contribution in [3.05, 3.63) is 153 Å². The molecular formula is C38H35N3O4. The number of aromatic nitrogens is 2. The molecule has 7 rings (SSSR count). The SMILES string of the molecule is O=C(C(O)c1cccc(-c2cccc(OCc3ccccc3)c2)c1)N1CCCc2nc(C3(c4ccccc4)CC3)[nH]c(=O)c2C1. The van der Waals surface area contributed by atoms with E-state index in [2.05, 4.69) is 17.1 Å². The third-order valence-corrected chi connectivity index (χ3v) is 8.99. The molecule has 1 unspecified atom stereocenters. The quantitative estimate of drug-likeness (QED) is 0.225. The van der Waals surface area contributed by atoms with Crippen molar-refractivity contribution in [2.45, 2.75) is 50.4 Å². The molecule has 4 aromatic carbocycles. The number of carbonyl (C=O) groups excluding carboxylic acids is 1. The Morgan fingerprint density at radius 1 is 0.911 bits per heavy atom. The van der Waals surface area contributed by atoms with Crippen LogP contribution in [0.2, 0.25) is 0 Å². The van der Waals surface area contributed by atoms with Crippen LogP contribution in [0.1, 0.15) is 59.1 Å². The molecule has 7 nitrogen and oxygen atoms in total. The first kappa shape index (κ1) is 28.7. The van der Waals surface area contributed by atoms with Gasteiger partial charge in [-0.25, -0.2) is 4.98 Å².